The number of anilines is 1. The van der Waals surface area contributed by atoms with Gasteiger partial charge in [0.25, 0.3) is 11.8 Å². The van der Waals surface area contributed by atoms with Crippen LogP contribution in [0.3, 0.4) is 0 Å². The maximum absolute atomic E-state index is 14.8. The van der Waals surface area contributed by atoms with E-state index in [0.717, 1.165) is 18.3 Å². The van der Waals surface area contributed by atoms with Gasteiger partial charge in [0, 0.05) is 60.5 Å². The minimum atomic E-state index is -2.12. The molecule has 2 bridgehead atoms. The van der Waals surface area contributed by atoms with Crippen LogP contribution in [-0.2, 0) is 84.7 Å². The number of hydrogen-bond donors (Lipinski definition) is 6. The van der Waals surface area contributed by atoms with Crippen molar-refractivity contribution in [1.29, 1.82) is 0 Å². The van der Waals surface area contributed by atoms with Gasteiger partial charge in [-0.05, 0) is 70.8 Å². The number of Topliss-reactive ketones (excluding diaryl/α,β-unsaturated/α-hetero) is 1. The SMILES string of the molecule is CC(=O)O[C@H]1C(=O)Nc2ccc(cc2)C[C@H](C(=O)N[C@@H](Cc2ccccc2)C(=O)O)CC(=O)[C@H](Cc2ccccc2)NC(=O)[C@@H](Cc2ccc(Br)cc2)NC(=O)[C@H](Cc2cccs2)NC(=O)[C@@H]1OC(C)=O. The number of aliphatic carboxylic acids is 1. The van der Waals surface area contributed by atoms with Crippen LogP contribution in [0.15, 0.2) is 131 Å². The predicted molar refractivity (Wildman–Crippen MR) is 265 cm³/mol. The second kappa shape index (κ2) is 25.4. The highest BCUT2D eigenvalue weighted by Crippen LogP contribution is 2.22. The van der Waals surface area contributed by atoms with Crippen LogP contribution in [0, 0.1) is 5.92 Å². The molecular weight excluding hydrogens is 999 g/mol. The van der Waals surface area contributed by atoms with Gasteiger partial charge in [-0.1, -0.05) is 107 Å². The van der Waals surface area contributed by atoms with Crippen molar-refractivity contribution < 1.29 is 57.7 Å². The van der Waals surface area contributed by atoms with E-state index >= 15 is 0 Å². The number of amides is 5. The van der Waals surface area contributed by atoms with Crippen LogP contribution in [0.1, 0.15) is 47.4 Å². The molecule has 0 spiro atoms. The van der Waals surface area contributed by atoms with Gasteiger partial charge in [-0.3, -0.25) is 38.4 Å². The number of fused-ring (bicyclic) bond motifs is 18. The summed E-state index contributed by atoms with van der Waals surface area (Å²) in [6.07, 6.45) is -5.13. The summed E-state index contributed by atoms with van der Waals surface area (Å²) in [5.74, 6) is -9.80. The van der Waals surface area contributed by atoms with Gasteiger partial charge in [0.05, 0.1) is 6.04 Å². The lowest BCUT2D eigenvalue weighted by Crippen LogP contribution is -2.59. The first-order valence-corrected chi connectivity index (χ1v) is 24.2. The largest absolute Gasteiger partial charge is 0.480 e. The van der Waals surface area contributed by atoms with Gasteiger partial charge in [0.2, 0.25) is 29.9 Å². The lowest BCUT2D eigenvalue weighted by atomic mass is 9.89. The Morgan fingerprint density at radius 3 is 1.75 bits per heavy atom. The number of carbonyl (C=O) groups is 9. The molecule has 0 aliphatic carbocycles. The number of thiophene rings is 1. The quantitative estimate of drug-likeness (QED) is 0.0708. The Bertz CT molecular complexity index is 2690. The molecule has 0 radical (unpaired) electrons. The highest BCUT2D eigenvalue weighted by molar-refractivity contribution is 9.10. The minimum Gasteiger partial charge on any atom is -0.480 e. The van der Waals surface area contributed by atoms with Crippen LogP contribution in [0.4, 0.5) is 5.69 Å². The molecule has 2 aliphatic heterocycles. The molecule has 0 fully saturated rings. The summed E-state index contributed by atoms with van der Waals surface area (Å²) in [6.45, 7) is 1.96. The first-order valence-electron chi connectivity index (χ1n) is 22.6. The van der Waals surface area contributed by atoms with Gasteiger partial charge >= 0.3 is 17.9 Å². The molecule has 5 aromatic rings. The summed E-state index contributed by atoms with van der Waals surface area (Å²) in [4.78, 5) is 125. The Morgan fingerprint density at radius 1 is 0.634 bits per heavy atom. The fourth-order valence-electron chi connectivity index (χ4n) is 7.87. The van der Waals surface area contributed by atoms with Crippen molar-refractivity contribution in [3.8, 4) is 0 Å². The fraction of sp³-hybridized carbons (Fsp3) is 0.288. The number of halogens is 1. The van der Waals surface area contributed by atoms with Crippen LogP contribution in [0.2, 0.25) is 0 Å². The van der Waals surface area contributed by atoms with E-state index in [2.05, 4.69) is 42.5 Å². The molecule has 3 heterocycles. The van der Waals surface area contributed by atoms with E-state index in [1.807, 2.05) is 0 Å². The van der Waals surface area contributed by atoms with Gasteiger partial charge < -0.3 is 41.2 Å². The maximum Gasteiger partial charge on any atom is 0.326 e. The zero-order valence-electron chi connectivity index (χ0n) is 38.6. The Hall–Kier alpha value is -7.51. The van der Waals surface area contributed by atoms with Gasteiger partial charge in [-0.25, -0.2) is 4.79 Å². The highest BCUT2D eigenvalue weighted by Gasteiger charge is 2.42. The molecular formula is C52H52BrN5O12S. The molecule has 0 saturated carbocycles. The molecule has 19 heteroatoms. The third kappa shape index (κ3) is 16.0. The Labute approximate surface area is 421 Å². The van der Waals surface area contributed by atoms with Crippen LogP contribution in [0.5, 0.6) is 0 Å². The monoisotopic (exact) mass is 1050 g/mol. The average molecular weight is 1050 g/mol. The molecule has 5 amide bonds. The van der Waals surface area contributed by atoms with E-state index in [1.54, 1.807) is 115 Å². The molecule has 370 valence electrons. The number of nitrogens with one attached hydrogen (secondary N) is 5. The van der Waals surface area contributed by atoms with Crippen molar-refractivity contribution >= 4 is 86.2 Å². The standard InChI is InChI=1S/C52H52BrN5O12S/c1-30(59)69-45-46(70-31(2)60)51(66)57-42(29-39-14-9-23-71-39)49(64)56-41(26-35-15-19-37(53)20-16-35)48(63)55-40(25-32-10-5-3-6-11-32)44(61)28-36(24-34-17-21-38(22-18-34)54-50(45)65)47(62)58-43(52(67)68)27-33-12-7-4-8-13-33/h3-23,36,40-43,45-46H,24-29H2,1-2H3,(H,54,65)(H,55,63)(H,56,64)(H,57,66)(H,58,62)(H,67,68)/t36-,40-,41+,42-,43-,45+,46+/m0/s1. The first kappa shape index (κ1) is 52.9. The zero-order chi connectivity index (χ0) is 51.0. The van der Waals surface area contributed by atoms with Crippen molar-refractivity contribution in [2.45, 2.75) is 88.7 Å². The summed E-state index contributed by atoms with van der Waals surface area (Å²) >= 11 is 4.67. The van der Waals surface area contributed by atoms with Gasteiger partial charge in [0.1, 0.15) is 18.1 Å². The molecule has 7 atom stereocenters. The van der Waals surface area contributed by atoms with E-state index in [-0.39, 0.29) is 37.8 Å². The summed E-state index contributed by atoms with van der Waals surface area (Å²) in [7, 11) is 0. The van der Waals surface area contributed by atoms with Crippen LogP contribution < -0.4 is 26.6 Å². The van der Waals surface area contributed by atoms with Crippen molar-refractivity contribution in [2.24, 2.45) is 5.92 Å². The van der Waals surface area contributed by atoms with E-state index in [4.69, 9.17) is 9.47 Å². The summed E-state index contributed by atoms with van der Waals surface area (Å²) in [5, 5.41) is 25.3. The van der Waals surface area contributed by atoms with Crippen LogP contribution >= 0.6 is 27.3 Å². The molecule has 0 unspecified atom stereocenters. The molecule has 71 heavy (non-hydrogen) atoms. The average Bonchev–Trinajstić information content (AvgIpc) is 3.86. The number of rotatable bonds is 13. The van der Waals surface area contributed by atoms with Crippen molar-refractivity contribution in [2.75, 3.05) is 5.32 Å². The van der Waals surface area contributed by atoms with Gasteiger partial charge in [-0.2, -0.15) is 0 Å². The molecule has 1 aromatic heterocycles. The molecule has 2 aliphatic rings. The number of hydrogen-bond acceptors (Lipinski definition) is 12. The highest BCUT2D eigenvalue weighted by atomic mass is 79.9. The predicted octanol–water partition coefficient (Wildman–Crippen LogP) is 4.44. The summed E-state index contributed by atoms with van der Waals surface area (Å²) in [5.41, 5.74) is 2.49. The van der Waals surface area contributed by atoms with E-state index in [9.17, 15) is 48.3 Å². The number of esters is 2. The Morgan fingerprint density at radius 2 is 1.17 bits per heavy atom. The molecule has 17 nitrogen and oxygen atoms in total. The van der Waals surface area contributed by atoms with Crippen molar-refractivity contribution in [3.63, 3.8) is 0 Å². The van der Waals surface area contributed by atoms with Crippen LogP contribution in [0.25, 0.3) is 0 Å². The van der Waals surface area contributed by atoms with Gasteiger partial charge in [0.15, 0.2) is 5.78 Å². The topological polar surface area (TPSA) is 252 Å². The van der Waals surface area contributed by atoms with E-state index < -0.39 is 102 Å². The van der Waals surface area contributed by atoms with Crippen LogP contribution in [-0.4, -0.2) is 94.7 Å². The molecule has 7 rings (SSSR count). The molecule has 0 saturated heterocycles. The Balaban J connectivity index is 1.44. The zero-order valence-corrected chi connectivity index (χ0v) is 41.0. The maximum atomic E-state index is 14.8. The molecule has 6 N–H and O–H groups in total. The number of ether oxygens (including phenoxy) is 2. The van der Waals surface area contributed by atoms with Crippen molar-refractivity contribution in [3.05, 3.63) is 158 Å². The number of carbonyl (C=O) groups excluding carboxylic acids is 8. The second-order valence-corrected chi connectivity index (χ2v) is 18.8. The lowest BCUT2D eigenvalue weighted by Gasteiger charge is -2.28. The van der Waals surface area contributed by atoms with Gasteiger partial charge in [-0.15, -0.1) is 11.3 Å². The normalized spacial score (nSPS) is 20.7. The number of ketones is 1. The number of carboxylic acid groups (broad SMARTS) is 1. The smallest absolute Gasteiger partial charge is 0.326 e. The van der Waals surface area contributed by atoms with Crippen molar-refractivity contribution in [1.82, 2.24) is 21.3 Å². The fourth-order valence-corrected chi connectivity index (χ4v) is 8.88. The molecule has 4 aromatic carbocycles. The third-order valence-electron chi connectivity index (χ3n) is 11.4. The number of benzene rings is 4. The van der Waals surface area contributed by atoms with E-state index in [1.165, 1.54) is 23.5 Å². The lowest BCUT2D eigenvalue weighted by molar-refractivity contribution is -0.173. The first-order chi connectivity index (χ1) is 34.0. The second-order valence-electron chi connectivity index (χ2n) is 16.9. The minimum absolute atomic E-state index is 0.0308. The van der Waals surface area contributed by atoms with E-state index in [0.29, 0.717) is 27.1 Å². The summed E-state index contributed by atoms with van der Waals surface area (Å²) in [6, 6.07) is 28.3. The summed E-state index contributed by atoms with van der Waals surface area (Å²) < 4.78 is 11.4. The Kier molecular flexibility index (Phi) is 18.9. The number of carboxylic acids is 1. The third-order valence-corrected chi connectivity index (χ3v) is 12.8.